The Hall–Kier alpha value is -0.921. The van der Waals surface area contributed by atoms with Crippen molar-refractivity contribution in [1.82, 2.24) is 0 Å². The van der Waals surface area contributed by atoms with Gasteiger partial charge in [-0.3, -0.25) is 0 Å². The summed E-state index contributed by atoms with van der Waals surface area (Å²) in [7, 11) is 0. The van der Waals surface area contributed by atoms with Crippen LogP contribution in [-0.2, 0) is 23.7 Å². The first kappa shape index (κ1) is 23.4. The summed E-state index contributed by atoms with van der Waals surface area (Å²) in [5.41, 5.74) is 4.07. The molecule has 0 saturated heterocycles. The molecule has 4 heteroatoms. The van der Waals surface area contributed by atoms with Crippen LogP contribution in [0.5, 0.6) is 11.5 Å². The molecule has 0 radical (unpaired) electrons. The van der Waals surface area contributed by atoms with E-state index in [1.165, 1.54) is 8.92 Å². The third-order valence-corrected chi connectivity index (χ3v) is 12.0. The standard InChI is InChI=1S/C24H34O2Se2/c1-9-15-11-17(13-19(21(15)25)23(3,4)5)27-28-18-12-16(10-2)22(26)20(14-18)24(6,7)8/h11-14,25-26H,9-10H2,1-8H3. The van der Waals surface area contributed by atoms with Crippen molar-refractivity contribution < 1.29 is 10.2 Å². The second kappa shape index (κ2) is 8.84. The molecule has 2 nitrogen and oxygen atoms in total. The maximum absolute atomic E-state index is 10.6. The SMILES string of the molecule is CCc1cc([Se][Se]c2cc(CC)c(O)c(C(C)(C)C)c2)cc(C(C)(C)C)c1O. The molecule has 0 amide bonds. The van der Waals surface area contributed by atoms with Crippen molar-refractivity contribution in [3.8, 4) is 11.5 Å². The summed E-state index contributed by atoms with van der Waals surface area (Å²) < 4.78 is 2.71. The zero-order chi connectivity index (χ0) is 21.3. The third-order valence-electron chi connectivity index (χ3n) is 4.94. The van der Waals surface area contributed by atoms with E-state index in [0.29, 0.717) is 37.8 Å². The van der Waals surface area contributed by atoms with Crippen molar-refractivity contribution in [2.24, 2.45) is 0 Å². The van der Waals surface area contributed by atoms with Crippen LogP contribution in [-0.4, -0.2) is 36.5 Å². The first-order chi connectivity index (χ1) is 12.9. The van der Waals surface area contributed by atoms with Gasteiger partial charge in [-0.2, -0.15) is 0 Å². The Morgan fingerprint density at radius 2 is 0.964 bits per heavy atom. The predicted octanol–water partition coefficient (Wildman–Crippen LogP) is 4.09. The van der Waals surface area contributed by atoms with Gasteiger partial charge in [0.05, 0.1) is 0 Å². The fourth-order valence-electron chi connectivity index (χ4n) is 3.21. The van der Waals surface area contributed by atoms with Crippen LogP contribution in [0.1, 0.15) is 77.6 Å². The van der Waals surface area contributed by atoms with Crippen LogP contribution in [0.25, 0.3) is 0 Å². The van der Waals surface area contributed by atoms with E-state index >= 15 is 0 Å². The number of aryl methyl sites for hydroxylation is 2. The van der Waals surface area contributed by atoms with Crippen LogP contribution in [0.2, 0.25) is 0 Å². The van der Waals surface area contributed by atoms with Gasteiger partial charge in [0.1, 0.15) is 0 Å². The number of phenolic OH excluding ortho intramolecular Hbond substituents is 2. The molecule has 28 heavy (non-hydrogen) atoms. The number of phenols is 2. The topological polar surface area (TPSA) is 40.5 Å². The van der Waals surface area contributed by atoms with Crippen molar-refractivity contribution in [3.63, 3.8) is 0 Å². The molecule has 0 heterocycles. The minimum atomic E-state index is -0.0690. The molecule has 154 valence electrons. The summed E-state index contributed by atoms with van der Waals surface area (Å²) in [6.07, 6.45) is 1.69. The Morgan fingerprint density at radius 1 is 0.643 bits per heavy atom. The summed E-state index contributed by atoms with van der Waals surface area (Å²) in [6, 6.07) is 8.81. The molecule has 0 aliphatic rings. The molecule has 0 fully saturated rings. The van der Waals surface area contributed by atoms with E-state index < -0.39 is 0 Å². The maximum atomic E-state index is 10.6. The quantitative estimate of drug-likeness (QED) is 0.593. The summed E-state index contributed by atoms with van der Waals surface area (Å²) in [6.45, 7) is 17.2. The van der Waals surface area contributed by atoms with Crippen LogP contribution in [0.15, 0.2) is 24.3 Å². The van der Waals surface area contributed by atoms with Crippen molar-refractivity contribution in [1.29, 1.82) is 0 Å². The van der Waals surface area contributed by atoms with E-state index in [1.54, 1.807) is 0 Å². The third kappa shape index (κ3) is 5.36. The van der Waals surface area contributed by atoms with Crippen molar-refractivity contribution in [2.75, 3.05) is 0 Å². The van der Waals surface area contributed by atoms with Gasteiger partial charge in [0.25, 0.3) is 0 Å². The Labute approximate surface area is 182 Å². The van der Waals surface area contributed by atoms with Crippen LogP contribution in [0.4, 0.5) is 0 Å². The summed E-state index contributed by atoms with van der Waals surface area (Å²) >= 11 is 0.670. The summed E-state index contributed by atoms with van der Waals surface area (Å²) in [5.74, 6) is 0.935. The molecule has 0 spiro atoms. The van der Waals surface area contributed by atoms with E-state index in [9.17, 15) is 10.2 Å². The van der Waals surface area contributed by atoms with E-state index in [1.807, 2.05) is 0 Å². The number of aromatic hydroxyl groups is 2. The molecule has 2 aromatic rings. The predicted molar refractivity (Wildman–Crippen MR) is 123 cm³/mol. The molecule has 2 N–H and O–H groups in total. The van der Waals surface area contributed by atoms with Crippen LogP contribution in [0, 0.1) is 0 Å². The molecule has 0 aliphatic carbocycles. The Bertz CT molecular complexity index is 772. The van der Waals surface area contributed by atoms with Crippen molar-refractivity contribution in [3.05, 3.63) is 46.5 Å². The second-order valence-corrected chi connectivity index (χ2v) is 15.6. The number of rotatable bonds is 5. The van der Waals surface area contributed by atoms with Crippen LogP contribution >= 0.6 is 0 Å². The molecule has 0 bridgehead atoms. The van der Waals surface area contributed by atoms with Gasteiger partial charge in [-0.25, -0.2) is 0 Å². The van der Waals surface area contributed by atoms with Gasteiger partial charge < -0.3 is 0 Å². The monoisotopic (exact) mass is 514 g/mol. The average molecular weight is 512 g/mol. The molecule has 0 unspecified atom stereocenters. The number of hydrogen-bond acceptors (Lipinski definition) is 2. The van der Waals surface area contributed by atoms with Gasteiger partial charge in [0.15, 0.2) is 0 Å². The van der Waals surface area contributed by atoms with Gasteiger partial charge in [0.2, 0.25) is 0 Å². The molecule has 0 aliphatic heterocycles. The molecule has 0 atom stereocenters. The molecular formula is C24H34O2Se2. The first-order valence-electron chi connectivity index (χ1n) is 9.95. The van der Waals surface area contributed by atoms with Gasteiger partial charge in [-0.05, 0) is 0 Å². The molecule has 2 rings (SSSR count). The van der Waals surface area contributed by atoms with E-state index in [2.05, 4.69) is 79.7 Å². The fraction of sp³-hybridized carbons (Fsp3) is 0.500. The second-order valence-electron chi connectivity index (χ2n) is 9.33. The van der Waals surface area contributed by atoms with E-state index in [0.717, 1.165) is 35.1 Å². The Balaban J connectivity index is 2.39. The van der Waals surface area contributed by atoms with Crippen LogP contribution < -0.4 is 8.92 Å². The average Bonchev–Trinajstić information content (AvgIpc) is 2.59. The first-order valence-corrected chi connectivity index (χ1v) is 16.0. The zero-order valence-electron chi connectivity index (χ0n) is 18.4. The molecule has 0 saturated carbocycles. The van der Waals surface area contributed by atoms with Crippen LogP contribution in [0.3, 0.4) is 0 Å². The number of hydrogen-bond donors (Lipinski definition) is 2. The van der Waals surface area contributed by atoms with Crippen molar-refractivity contribution in [2.45, 2.75) is 79.1 Å². The fourth-order valence-corrected chi connectivity index (χ4v) is 9.30. The van der Waals surface area contributed by atoms with Crippen molar-refractivity contribution >= 4 is 35.2 Å². The normalized spacial score (nSPS) is 12.4. The summed E-state index contributed by atoms with van der Waals surface area (Å²) in [5, 5.41) is 21.3. The zero-order valence-corrected chi connectivity index (χ0v) is 21.9. The Morgan fingerprint density at radius 3 is 1.21 bits per heavy atom. The van der Waals surface area contributed by atoms with E-state index in [-0.39, 0.29) is 10.8 Å². The van der Waals surface area contributed by atoms with Gasteiger partial charge in [0, 0.05) is 0 Å². The van der Waals surface area contributed by atoms with Gasteiger partial charge in [-0.15, -0.1) is 0 Å². The van der Waals surface area contributed by atoms with Gasteiger partial charge >= 0.3 is 182 Å². The molecule has 0 aromatic heterocycles. The number of benzene rings is 2. The summed E-state index contributed by atoms with van der Waals surface area (Å²) in [4.78, 5) is 0. The minimum absolute atomic E-state index is 0.0690. The van der Waals surface area contributed by atoms with Gasteiger partial charge in [-0.1, -0.05) is 0 Å². The molecule has 2 aromatic carbocycles. The Kier molecular flexibility index (Phi) is 7.37. The molecular weight excluding hydrogens is 478 g/mol. The van der Waals surface area contributed by atoms with E-state index in [4.69, 9.17) is 0 Å².